The topological polar surface area (TPSA) is 31.0 Å². The molecular weight excluding hydrogens is 244 g/mol. The van der Waals surface area contributed by atoms with Gasteiger partial charge in [0.15, 0.2) is 9.04 Å². The van der Waals surface area contributed by atoms with Gasteiger partial charge in [-0.1, -0.05) is 20.3 Å². The van der Waals surface area contributed by atoms with Gasteiger partial charge in [-0.15, -0.1) is 0 Å². The summed E-state index contributed by atoms with van der Waals surface area (Å²) in [6.45, 7) is 6.14. The molecule has 0 radical (unpaired) electrons. The molecule has 0 aromatic rings. The fourth-order valence-electron chi connectivity index (χ4n) is 3.04. The van der Waals surface area contributed by atoms with E-state index in [-0.39, 0.29) is 0 Å². The van der Waals surface area contributed by atoms with E-state index in [2.05, 4.69) is 13.8 Å². The van der Waals surface area contributed by atoms with Gasteiger partial charge in [0.05, 0.1) is 25.4 Å². The maximum atomic E-state index is 6.05. The average molecular weight is 272 g/mol. The molecule has 18 heavy (non-hydrogen) atoms. The average Bonchev–Trinajstić information content (AvgIpc) is 3.11. The summed E-state index contributed by atoms with van der Waals surface area (Å²) in [5.74, 6) is 0.897. The molecule has 0 amide bonds. The van der Waals surface area contributed by atoms with Crippen LogP contribution >= 0.6 is 0 Å². The van der Waals surface area contributed by atoms with Gasteiger partial charge < -0.3 is 13.9 Å². The van der Waals surface area contributed by atoms with Crippen LogP contribution in [0.25, 0.3) is 0 Å². The zero-order valence-corrected chi connectivity index (χ0v) is 13.2. The van der Waals surface area contributed by atoms with Crippen molar-refractivity contribution in [3.05, 3.63) is 0 Å². The molecule has 2 aliphatic rings. The maximum Gasteiger partial charge on any atom is 0.179 e. The normalized spacial score (nSPS) is 32.3. The third-order valence-electron chi connectivity index (χ3n) is 4.34. The summed E-state index contributed by atoms with van der Waals surface area (Å²) in [7, 11) is 0.702. The van der Waals surface area contributed by atoms with E-state index in [4.69, 9.17) is 13.9 Å². The van der Waals surface area contributed by atoms with Crippen LogP contribution in [0.3, 0.4) is 0 Å². The SMILES string of the molecule is COCCO[SiH](CCC1CCC2OC2C1)C(C)C. The number of rotatable bonds is 8. The highest BCUT2D eigenvalue weighted by molar-refractivity contribution is 6.53. The lowest BCUT2D eigenvalue weighted by Crippen LogP contribution is -2.25. The van der Waals surface area contributed by atoms with Gasteiger partial charge in [0, 0.05) is 7.11 Å². The molecule has 1 saturated heterocycles. The number of ether oxygens (including phenoxy) is 2. The fraction of sp³-hybridized carbons (Fsp3) is 1.00. The van der Waals surface area contributed by atoms with E-state index in [0.717, 1.165) is 24.7 Å². The number of epoxide rings is 1. The van der Waals surface area contributed by atoms with Crippen molar-refractivity contribution >= 4 is 9.04 Å². The van der Waals surface area contributed by atoms with Crippen LogP contribution in [-0.2, 0) is 13.9 Å². The minimum absolute atomic E-state index is 0.623. The molecule has 4 atom stereocenters. The lowest BCUT2D eigenvalue weighted by molar-refractivity contribution is 0.144. The van der Waals surface area contributed by atoms with Gasteiger partial charge in [-0.3, -0.25) is 0 Å². The van der Waals surface area contributed by atoms with Gasteiger partial charge >= 0.3 is 0 Å². The summed E-state index contributed by atoms with van der Waals surface area (Å²) in [5.41, 5.74) is 0.732. The molecule has 0 bridgehead atoms. The second-order valence-electron chi connectivity index (χ2n) is 6.12. The molecule has 0 spiro atoms. The molecule has 3 nitrogen and oxygen atoms in total. The van der Waals surface area contributed by atoms with Gasteiger partial charge in [0.2, 0.25) is 0 Å². The van der Waals surface area contributed by atoms with E-state index in [9.17, 15) is 0 Å². The van der Waals surface area contributed by atoms with Gasteiger partial charge in [-0.05, 0) is 36.8 Å². The van der Waals surface area contributed by atoms with E-state index < -0.39 is 9.04 Å². The minimum atomic E-state index is -1.04. The Kier molecular flexibility index (Phi) is 5.67. The third-order valence-corrected chi connectivity index (χ3v) is 7.39. The van der Waals surface area contributed by atoms with Crippen LogP contribution in [0.15, 0.2) is 0 Å². The molecule has 1 heterocycles. The van der Waals surface area contributed by atoms with Crippen molar-refractivity contribution in [3.8, 4) is 0 Å². The molecule has 0 aromatic heterocycles. The Morgan fingerprint density at radius 2 is 2.06 bits per heavy atom. The second-order valence-corrected chi connectivity index (χ2v) is 9.44. The Labute approximate surface area is 113 Å². The predicted octanol–water partition coefficient (Wildman–Crippen LogP) is 2.74. The molecule has 4 heteroatoms. The zero-order valence-electron chi connectivity index (χ0n) is 12.1. The van der Waals surface area contributed by atoms with Crippen molar-refractivity contribution in [2.45, 2.75) is 63.3 Å². The quantitative estimate of drug-likeness (QED) is 0.387. The number of hydrogen-bond donors (Lipinski definition) is 0. The Balaban J connectivity index is 1.64. The predicted molar refractivity (Wildman–Crippen MR) is 75.5 cm³/mol. The van der Waals surface area contributed by atoms with E-state index in [1.54, 1.807) is 7.11 Å². The molecule has 1 aliphatic carbocycles. The van der Waals surface area contributed by atoms with Gasteiger partial charge in [-0.2, -0.15) is 0 Å². The molecule has 106 valence electrons. The van der Waals surface area contributed by atoms with Crippen molar-refractivity contribution in [3.63, 3.8) is 0 Å². The molecule has 4 unspecified atom stereocenters. The summed E-state index contributed by atoms with van der Waals surface area (Å²) >= 11 is 0. The second kappa shape index (κ2) is 7.03. The third kappa shape index (κ3) is 4.33. The van der Waals surface area contributed by atoms with Crippen LogP contribution in [0.5, 0.6) is 0 Å². The van der Waals surface area contributed by atoms with Crippen LogP contribution in [0.2, 0.25) is 11.6 Å². The molecule has 1 saturated carbocycles. The lowest BCUT2D eigenvalue weighted by atomic mass is 9.88. The van der Waals surface area contributed by atoms with Crippen molar-refractivity contribution < 1.29 is 13.9 Å². The summed E-state index contributed by atoms with van der Waals surface area (Å²) < 4.78 is 16.7. The minimum Gasteiger partial charge on any atom is -0.417 e. The highest BCUT2D eigenvalue weighted by Crippen LogP contribution is 2.41. The van der Waals surface area contributed by atoms with Crippen molar-refractivity contribution in [2.24, 2.45) is 5.92 Å². The first-order valence-corrected chi connectivity index (χ1v) is 9.42. The lowest BCUT2D eigenvalue weighted by Gasteiger charge is -2.24. The van der Waals surface area contributed by atoms with E-state index >= 15 is 0 Å². The van der Waals surface area contributed by atoms with Crippen LogP contribution in [-0.4, -0.2) is 41.6 Å². The highest BCUT2D eigenvalue weighted by Gasteiger charge is 2.43. The highest BCUT2D eigenvalue weighted by atomic mass is 28.3. The summed E-state index contributed by atoms with van der Waals surface area (Å²) in [6, 6.07) is 1.32. The van der Waals surface area contributed by atoms with Gasteiger partial charge in [0.25, 0.3) is 0 Å². The molecule has 2 fully saturated rings. The Bertz CT molecular complexity index is 247. The van der Waals surface area contributed by atoms with Gasteiger partial charge in [-0.25, -0.2) is 0 Å². The molecular formula is C14H28O3Si. The van der Waals surface area contributed by atoms with Crippen LogP contribution < -0.4 is 0 Å². The van der Waals surface area contributed by atoms with Crippen LogP contribution in [0, 0.1) is 5.92 Å². The molecule has 1 aliphatic heterocycles. The zero-order chi connectivity index (χ0) is 13.0. The van der Waals surface area contributed by atoms with E-state index in [0.29, 0.717) is 12.2 Å². The standard InChI is InChI=1S/C14H28O3Si/c1-11(2)18(16-8-7-15-3)9-6-12-4-5-13-14(10-12)17-13/h11-14,18H,4-10H2,1-3H3. The Morgan fingerprint density at radius 1 is 1.22 bits per heavy atom. The van der Waals surface area contributed by atoms with E-state index in [1.807, 2.05) is 0 Å². The first-order chi connectivity index (χ1) is 8.70. The van der Waals surface area contributed by atoms with Crippen molar-refractivity contribution in [2.75, 3.05) is 20.3 Å². The van der Waals surface area contributed by atoms with Crippen LogP contribution in [0.4, 0.5) is 0 Å². The first kappa shape index (κ1) is 14.5. The summed E-state index contributed by atoms with van der Waals surface area (Å²) in [4.78, 5) is 0. The van der Waals surface area contributed by atoms with Crippen LogP contribution in [0.1, 0.15) is 39.5 Å². The molecule has 2 rings (SSSR count). The monoisotopic (exact) mass is 272 g/mol. The Morgan fingerprint density at radius 3 is 2.72 bits per heavy atom. The number of hydrogen-bond acceptors (Lipinski definition) is 3. The molecule has 0 N–H and O–H groups in total. The first-order valence-electron chi connectivity index (χ1n) is 7.46. The summed E-state index contributed by atoms with van der Waals surface area (Å²) in [5, 5.41) is 0. The van der Waals surface area contributed by atoms with Crippen molar-refractivity contribution in [1.29, 1.82) is 0 Å². The molecule has 0 aromatic carbocycles. The smallest absolute Gasteiger partial charge is 0.179 e. The van der Waals surface area contributed by atoms with Crippen molar-refractivity contribution in [1.82, 2.24) is 0 Å². The van der Waals surface area contributed by atoms with E-state index in [1.165, 1.54) is 31.7 Å². The number of fused-ring (bicyclic) bond motifs is 1. The summed E-state index contributed by atoms with van der Waals surface area (Å²) in [6.07, 6.45) is 6.60. The fourth-order valence-corrected chi connectivity index (χ4v) is 5.46. The maximum absolute atomic E-state index is 6.05. The van der Waals surface area contributed by atoms with Gasteiger partial charge in [0.1, 0.15) is 0 Å². The largest absolute Gasteiger partial charge is 0.417 e. The Hall–Kier alpha value is 0.0969. The number of methoxy groups -OCH3 is 1.